The summed E-state index contributed by atoms with van der Waals surface area (Å²) in [6.45, 7) is 0. The number of hydrogen-bond donors (Lipinski definition) is 1. The molecule has 0 unspecified atom stereocenters. The molecule has 0 spiro atoms. The van der Waals surface area contributed by atoms with Gasteiger partial charge < -0.3 is 9.55 Å². The van der Waals surface area contributed by atoms with E-state index in [1.165, 1.54) is 12.1 Å². The highest BCUT2D eigenvalue weighted by molar-refractivity contribution is 5.88. The van der Waals surface area contributed by atoms with Crippen molar-refractivity contribution in [1.29, 1.82) is 5.26 Å². The number of nitro groups is 1. The Morgan fingerprint density at radius 2 is 1.90 bits per heavy atom. The minimum absolute atomic E-state index is 0.00588. The number of para-hydroxylation sites is 1. The molecule has 2 heterocycles. The van der Waals surface area contributed by atoms with Crippen molar-refractivity contribution in [2.45, 2.75) is 0 Å². The fraction of sp³-hybridized carbons (Fsp3) is 0. The average Bonchev–Trinajstić information content (AvgIpc) is 3.20. The molecule has 0 atom stereocenters. The molecular weight excluding hydrogens is 370 g/mol. The van der Waals surface area contributed by atoms with E-state index < -0.39 is 4.92 Å². The van der Waals surface area contributed by atoms with Crippen molar-refractivity contribution >= 4 is 28.2 Å². The van der Waals surface area contributed by atoms with Gasteiger partial charge in [0.2, 0.25) is 0 Å². The molecular formula is C21H13N5O3. The zero-order valence-corrected chi connectivity index (χ0v) is 14.9. The van der Waals surface area contributed by atoms with Crippen LogP contribution in [0, 0.1) is 21.4 Å². The number of benzene rings is 2. The number of nitriles is 1. The van der Waals surface area contributed by atoms with E-state index in [0.29, 0.717) is 22.3 Å². The monoisotopic (exact) mass is 383 g/mol. The Kier molecular flexibility index (Phi) is 4.47. The Balaban J connectivity index is 1.78. The normalized spacial score (nSPS) is 11.3. The van der Waals surface area contributed by atoms with Crippen molar-refractivity contribution in [3.63, 3.8) is 0 Å². The molecule has 0 aliphatic rings. The predicted molar refractivity (Wildman–Crippen MR) is 108 cm³/mol. The zero-order chi connectivity index (χ0) is 20.4. The molecule has 2 aromatic carbocycles. The van der Waals surface area contributed by atoms with Crippen LogP contribution in [0.2, 0.25) is 0 Å². The molecule has 8 heteroatoms. The maximum atomic E-state index is 12.3. The Morgan fingerprint density at radius 1 is 1.14 bits per heavy atom. The zero-order valence-electron chi connectivity index (χ0n) is 14.9. The molecule has 140 valence electrons. The van der Waals surface area contributed by atoms with Crippen molar-refractivity contribution in [2.24, 2.45) is 0 Å². The second-order valence-corrected chi connectivity index (χ2v) is 6.18. The summed E-state index contributed by atoms with van der Waals surface area (Å²) in [5.41, 5.74) is 1.72. The van der Waals surface area contributed by atoms with Gasteiger partial charge in [-0.05, 0) is 42.5 Å². The maximum Gasteiger partial charge on any atom is 0.269 e. The largest absolute Gasteiger partial charge is 0.317 e. The van der Waals surface area contributed by atoms with Crippen LogP contribution in [0.3, 0.4) is 0 Å². The molecule has 1 N–H and O–H groups in total. The van der Waals surface area contributed by atoms with Crippen molar-refractivity contribution in [1.82, 2.24) is 14.5 Å². The Bertz CT molecular complexity index is 1360. The molecule has 0 fully saturated rings. The molecule has 4 rings (SSSR count). The van der Waals surface area contributed by atoms with Gasteiger partial charge in [-0.25, -0.2) is 4.98 Å². The molecule has 0 saturated heterocycles. The Labute approximate surface area is 164 Å². The number of nitrogens with one attached hydrogen (secondary N) is 1. The van der Waals surface area contributed by atoms with E-state index in [1.807, 2.05) is 0 Å². The summed E-state index contributed by atoms with van der Waals surface area (Å²) in [4.78, 5) is 29.7. The first-order valence-corrected chi connectivity index (χ1v) is 8.60. The van der Waals surface area contributed by atoms with Crippen molar-refractivity contribution in [2.75, 3.05) is 0 Å². The summed E-state index contributed by atoms with van der Waals surface area (Å²) >= 11 is 0. The number of aromatic amines is 1. The number of allylic oxidation sites excluding steroid dienone is 1. The van der Waals surface area contributed by atoms with Gasteiger partial charge in [-0.3, -0.25) is 14.9 Å². The highest BCUT2D eigenvalue weighted by Gasteiger charge is 2.11. The third kappa shape index (κ3) is 3.40. The molecule has 0 aliphatic carbocycles. The summed E-state index contributed by atoms with van der Waals surface area (Å²) in [6.07, 6.45) is 3.38. The fourth-order valence-corrected chi connectivity index (χ4v) is 3.00. The molecule has 0 aliphatic heterocycles. The average molecular weight is 383 g/mol. The second-order valence-electron chi connectivity index (χ2n) is 6.18. The first-order chi connectivity index (χ1) is 14.1. The SMILES string of the molecule is N#CC(=Cc1cccn1-c1ccc([N+](=O)[O-])cc1)c1nc2ccccc2c(=O)[nH]1. The summed E-state index contributed by atoms with van der Waals surface area (Å²) in [7, 11) is 0. The number of nitro benzene ring substituents is 1. The molecule has 0 bridgehead atoms. The minimum Gasteiger partial charge on any atom is -0.317 e. The lowest BCUT2D eigenvalue weighted by molar-refractivity contribution is -0.384. The molecule has 0 saturated carbocycles. The topological polar surface area (TPSA) is 118 Å². The van der Waals surface area contributed by atoms with E-state index in [1.54, 1.807) is 65.4 Å². The summed E-state index contributed by atoms with van der Waals surface area (Å²) in [6, 6.07) is 18.6. The van der Waals surface area contributed by atoms with Crippen LogP contribution in [-0.2, 0) is 0 Å². The van der Waals surface area contributed by atoms with Crippen LogP contribution in [0.25, 0.3) is 28.2 Å². The molecule has 2 aromatic heterocycles. The highest BCUT2D eigenvalue weighted by Crippen LogP contribution is 2.21. The number of rotatable bonds is 4. The van der Waals surface area contributed by atoms with E-state index >= 15 is 0 Å². The molecule has 8 nitrogen and oxygen atoms in total. The van der Waals surface area contributed by atoms with Crippen molar-refractivity contribution in [3.05, 3.63) is 98.8 Å². The fourth-order valence-electron chi connectivity index (χ4n) is 3.00. The quantitative estimate of drug-likeness (QED) is 0.328. The molecule has 0 amide bonds. The summed E-state index contributed by atoms with van der Waals surface area (Å²) < 4.78 is 1.78. The number of hydrogen-bond acceptors (Lipinski definition) is 5. The third-order valence-corrected chi connectivity index (χ3v) is 4.40. The Hall–Kier alpha value is -4.51. The summed E-state index contributed by atoms with van der Waals surface area (Å²) in [5.74, 6) is 0.174. The van der Waals surface area contributed by atoms with Crippen LogP contribution in [0.5, 0.6) is 0 Å². The van der Waals surface area contributed by atoms with Gasteiger partial charge >= 0.3 is 0 Å². The summed E-state index contributed by atoms with van der Waals surface area (Å²) in [5, 5.41) is 20.9. The standard InChI is InChI=1S/C21H13N5O3/c22-13-14(20-23-19-6-2-1-5-18(19)21(27)24-20)12-17-4-3-11-25(17)15-7-9-16(10-8-15)26(28)29/h1-12H,(H,23,24,27). The van der Waals surface area contributed by atoms with Crippen LogP contribution in [0.1, 0.15) is 11.5 Å². The first kappa shape index (κ1) is 17.9. The van der Waals surface area contributed by atoms with Crippen LogP contribution in [0.4, 0.5) is 5.69 Å². The van der Waals surface area contributed by atoms with E-state index in [9.17, 15) is 20.2 Å². The van der Waals surface area contributed by atoms with Crippen molar-refractivity contribution in [3.8, 4) is 11.8 Å². The number of non-ortho nitro benzene ring substituents is 1. The number of aromatic nitrogens is 3. The lowest BCUT2D eigenvalue weighted by Crippen LogP contribution is -2.11. The van der Waals surface area contributed by atoms with Crippen molar-refractivity contribution < 1.29 is 4.92 Å². The molecule has 4 aromatic rings. The highest BCUT2D eigenvalue weighted by atomic mass is 16.6. The van der Waals surface area contributed by atoms with Crippen LogP contribution >= 0.6 is 0 Å². The number of nitrogens with zero attached hydrogens (tertiary/aromatic N) is 4. The lowest BCUT2D eigenvalue weighted by atomic mass is 10.2. The maximum absolute atomic E-state index is 12.3. The smallest absolute Gasteiger partial charge is 0.269 e. The predicted octanol–water partition coefficient (Wildman–Crippen LogP) is 3.69. The molecule has 29 heavy (non-hydrogen) atoms. The number of fused-ring (bicyclic) bond motifs is 1. The minimum atomic E-state index is -0.463. The van der Waals surface area contributed by atoms with Crippen LogP contribution in [-0.4, -0.2) is 19.5 Å². The first-order valence-electron chi connectivity index (χ1n) is 8.60. The van der Waals surface area contributed by atoms with E-state index in [0.717, 1.165) is 0 Å². The van der Waals surface area contributed by atoms with Gasteiger partial charge in [0, 0.05) is 29.7 Å². The molecule has 0 radical (unpaired) electrons. The van der Waals surface area contributed by atoms with Gasteiger partial charge in [-0.15, -0.1) is 0 Å². The van der Waals surface area contributed by atoms with Gasteiger partial charge in [-0.1, -0.05) is 12.1 Å². The van der Waals surface area contributed by atoms with Gasteiger partial charge in [-0.2, -0.15) is 5.26 Å². The van der Waals surface area contributed by atoms with Crippen LogP contribution in [0.15, 0.2) is 71.7 Å². The second kappa shape index (κ2) is 7.25. The third-order valence-electron chi connectivity index (χ3n) is 4.40. The van der Waals surface area contributed by atoms with Gasteiger partial charge in [0.1, 0.15) is 6.07 Å². The van der Waals surface area contributed by atoms with Crippen LogP contribution < -0.4 is 5.56 Å². The van der Waals surface area contributed by atoms with E-state index in [-0.39, 0.29) is 22.6 Å². The van der Waals surface area contributed by atoms with E-state index in [2.05, 4.69) is 16.0 Å². The van der Waals surface area contributed by atoms with Gasteiger partial charge in [0.25, 0.3) is 11.2 Å². The number of H-pyrrole nitrogens is 1. The van der Waals surface area contributed by atoms with E-state index in [4.69, 9.17) is 0 Å². The lowest BCUT2D eigenvalue weighted by Gasteiger charge is -2.07. The Morgan fingerprint density at radius 3 is 2.62 bits per heavy atom. The van der Waals surface area contributed by atoms with Gasteiger partial charge in [0.15, 0.2) is 5.82 Å². The van der Waals surface area contributed by atoms with Gasteiger partial charge in [0.05, 0.1) is 21.4 Å².